The van der Waals surface area contributed by atoms with Crippen LogP contribution in [0.25, 0.3) is 0 Å². The molecule has 8 nitrogen and oxygen atoms in total. The minimum Gasteiger partial charge on any atom is -0.353 e. The second-order valence-electron chi connectivity index (χ2n) is 7.71. The van der Waals surface area contributed by atoms with E-state index >= 15 is 0 Å². The Labute approximate surface area is 188 Å². The van der Waals surface area contributed by atoms with Crippen molar-refractivity contribution in [3.05, 3.63) is 30.1 Å². The number of carbonyl (C=O) groups is 2. The third-order valence-electron chi connectivity index (χ3n) is 4.83. The predicted molar refractivity (Wildman–Crippen MR) is 120 cm³/mol. The number of thioether (sulfide) groups is 1. The van der Waals surface area contributed by atoms with Gasteiger partial charge in [-0.05, 0) is 44.4 Å². The number of nitrogens with zero attached hydrogens (tertiary/aromatic N) is 2. The molecule has 2 N–H and O–H groups in total. The molecule has 1 aliphatic heterocycles. The Bertz CT molecular complexity index is 858. The van der Waals surface area contributed by atoms with Gasteiger partial charge in [-0.15, -0.1) is 0 Å². The first-order valence-electron chi connectivity index (χ1n) is 10.2. The van der Waals surface area contributed by atoms with Gasteiger partial charge in [0.15, 0.2) is 0 Å². The zero-order chi connectivity index (χ0) is 23.0. The number of hydrogen-bond acceptors (Lipinski definition) is 6. The molecule has 174 valence electrons. The van der Waals surface area contributed by atoms with E-state index in [1.54, 1.807) is 4.90 Å². The highest BCUT2D eigenvalue weighted by Gasteiger charge is 2.32. The van der Waals surface area contributed by atoms with Gasteiger partial charge in [0.2, 0.25) is 21.8 Å². The van der Waals surface area contributed by atoms with E-state index < -0.39 is 26.8 Å². The molecule has 1 heterocycles. The van der Waals surface area contributed by atoms with Gasteiger partial charge in [0.1, 0.15) is 16.8 Å². The first kappa shape index (κ1) is 25.6. The van der Waals surface area contributed by atoms with E-state index in [4.69, 9.17) is 0 Å². The molecule has 1 unspecified atom stereocenters. The van der Waals surface area contributed by atoms with Crippen molar-refractivity contribution in [3.63, 3.8) is 0 Å². The van der Waals surface area contributed by atoms with Crippen molar-refractivity contribution >= 4 is 33.6 Å². The maximum atomic E-state index is 14.0. The minimum absolute atomic E-state index is 0.0646. The van der Waals surface area contributed by atoms with Crippen LogP contribution in [0.3, 0.4) is 0 Å². The Kier molecular flexibility index (Phi) is 9.73. The van der Waals surface area contributed by atoms with Crippen LogP contribution in [0.5, 0.6) is 0 Å². The number of halogens is 1. The fourth-order valence-corrected chi connectivity index (χ4v) is 5.07. The van der Waals surface area contributed by atoms with Gasteiger partial charge in [-0.25, -0.2) is 12.8 Å². The number of hydrogen-bond donors (Lipinski definition) is 2. The van der Waals surface area contributed by atoms with Crippen molar-refractivity contribution in [1.29, 1.82) is 0 Å². The van der Waals surface area contributed by atoms with Gasteiger partial charge in [0, 0.05) is 32.2 Å². The highest BCUT2D eigenvalue weighted by atomic mass is 32.2. The summed E-state index contributed by atoms with van der Waals surface area (Å²) in [6.45, 7) is 5.88. The Morgan fingerprint density at radius 2 is 1.81 bits per heavy atom. The molecule has 0 aliphatic carbocycles. The normalized spacial score (nSPS) is 16.4. The highest BCUT2D eigenvalue weighted by molar-refractivity contribution is 7.98. The van der Waals surface area contributed by atoms with Crippen LogP contribution in [0.15, 0.2) is 29.2 Å². The van der Waals surface area contributed by atoms with Gasteiger partial charge >= 0.3 is 0 Å². The lowest BCUT2D eigenvalue weighted by Gasteiger charge is -2.36. The van der Waals surface area contributed by atoms with E-state index in [1.807, 2.05) is 25.0 Å². The average molecular weight is 475 g/mol. The molecule has 1 saturated heterocycles. The molecule has 0 aromatic heterocycles. The monoisotopic (exact) mass is 474 g/mol. The number of benzene rings is 1. The molecule has 1 aromatic rings. The van der Waals surface area contributed by atoms with Gasteiger partial charge < -0.3 is 10.2 Å². The second kappa shape index (κ2) is 11.8. The third kappa shape index (κ3) is 7.74. The van der Waals surface area contributed by atoms with E-state index in [0.717, 1.165) is 6.07 Å². The Balaban J connectivity index is 2.02. The van der Waals surface area contributed by atoms with Crippen LogP contribution in [0.2, 0.25) is 0 Å². The number of nitrogens with one attached hydrogen (secondary N) is 2. The molecule has 1 aliphatic rings. The Hall–Kier alpha value is -1.69. The molecular weight excluding hydrogens is 443 g/mol. The van der Waals surface area contributed by atoms with Crippen LogP contribution < -0.4 is 10.0 Å². The van der Waals surface area contributed by atoms with Gasteiger partial charge in [0.25, 0.3) is 0 Å². The number of piperazine rings is 1. The minimum atomic E-state index is -4.19. The van der Waals surface area contributed by atoms with Gasteiger partial charge in [-0.2, -0.15) is 16.5 Å². The van der Waals surface area contributed by atoms with E-state index in [1.165, 1.54) is 30.0 Å². The summed E-state index contributed by atoms with van der Waals surface area (Å²) in [6.07, 6.45) is 2.17. The maximum Gasteiger partial charge on any atom is 0.244 e. The van der Waals surface area contributed by atoms with Gasteiger partial charge in [0.05, 0.1) is 6.54 Å². The largest absolute Gasteiger partial charge is 0.353 e. The molecule has 1 atom stereocenters. The Morgan fingerprint density at radius 3 is 2.39 bits per heavy atom. The fourth-order valence-electron chi connectivity index (χ4n) is 3.30. The number of carbonyl (C=O) groups excluding carboxylic acids is 2. The van der Waals surface area contributed by atoms with Gasteiger partial charge in [-0.1, -0.05) is 12.1 Å². The van der Waals surface area contributed by atoms with Crippen LogP contribution in [0, 0.1) is 5.82 Å². The summed E-state index contributed by atoms with van der Waals surface area (Å²) in [5, 5.41) is 2.84. The summed E-state index contributed by atoms with van der Waals surface area (Å²) < 4.78 is 41.8. The predicted octanol–water partition coefficient (Wildman–Crippen LogP) is 0.895. The maximum absolute atomic E-state index is 14.0. The van der Waals surface area contributed by atoms with Crippen LogP contribution in [-0.2, 0) is 19.6 Å². The summed E-state index contributed by atoms with van der Waals surface area (Å²) in [4.78, 5) is 28.1. The van der Waals surface area contributed by atoms with Crippen molar-refractivity contribution in [2.45, 2.75) is 37.2 Å². The number of sulfonamides is 1. The van der Waals surface area contributed by atoms with E-state index in [-0.39, 0.29) is 24.4 Å². The van der Waals surface area contributed by atoms with Crippen molar-refractivity contribution in [1.82, 2.24) is 19.8 Å². The van der Waals surface area contributed by atoms with Crippen molar-refractivity contribution in [3.8, 4) is 0 Å². The van der Waals surface area contributed by atoms with Crippen molar-refractivity contribution in [2.75, 3.05) is 44.7 Å². The molecule has 0 bridgehead atoms. The standard InChI is InChI=1S/C20H31FN4O4S2/c1-15(2)22-19(26)14-24-9-11-25(12-10-24)20(27)17(8-13-30-3)23-31(28,29)18-7-5-4-6-16(18)21/h4-7,15,17,23H,8-14H2,1-3H3,(H,22,26). The lowest BCUT2D eigenvalue weighted by atomic mass is 10.2. The van der Waals surface area contributed by atoms with Crippen LogP contribution >= 0.6 is 11.8 Å². The average Bonchev–Trinajstić information content (AvgIpc) is 2.70. The van der Waals surface area contributed by atoms with E-state index in [0.29, 0.717) is 38.4 Å². The van der Waals surface area contributed by atoms with Crippen molar-refractivity contribution < 1.29 is 22.4 Å². The molecule has 0 radical (unpaired) electrons. The summed E-state index contributed by atoms with van der Waals surface area (Å²) in [5.74, 6) is -0.684. The molecule has 1 fully saturated rings. The molecule has 0 spiro atoms. The highest BCUT2D eigenvalue weighted by Crippen LogP contribution is 2.16. The number of amides is 2. The summed E-state index contributed by atoms with van der Waals surface area (Å²) in [6, 6.07) is 4.18. The first-order chi connectivity index (χ1) is 14.6. The molecule has 11 heteroatoms. The lowest BCUT2D eigenvalue weighted by Crippen LogP contribution is -2.56. The summed E-state index contributed by atoms with van der Waals surface area (Å²) >= 11 is 1.50. The zero-order valence-corrected chi connectivity index (χ0v) is 19.8. The topological polar surface area (TPSA) is 98.8 Å². The van der Waals surface area contributed by atoms with E-state index in [9.17, 15) is 22.4 Å². The Morgan fingerprint density at radius 1 is 1.16 bits per heavy atom. The molecule has 2 rings (SSSR count). The first-order valence-corrected chi connectivity index (χ1v) is 13.1. The summed E-state index contributed by atoms with van der Waals surface area (Å²) in [5.41, 5.74) is 0. The molecule has 2 amide bonds. The van der Waals surface area contributed by atoms with Gasteiger partial charge in [-0.3, -0.25) is 14.5 Å². The molecule has 1 aromatic carbocycles. The molecular formula is C20H31FN4O4S2. The number of rotatable bonds is 10. The van der Waals surface area contributed by atoms with Crippen molar-refractivity contribution in [2.24, 2.45) is 0 Å². The fraction of sp³-hybridized carbons (Fsp3) is 0.600. The quantitative estimate of drug-likeness (QED) is 0.523. The third-order valence-corrected chi connectivity index (χ3v) is 6.98. The summed E-state index contributed by atoms with van der Waals surface area (Å²) in [7, 11) is -4.19. The van der Waals surface area contributed by atoms with Crippen LogP contribution in [0.4, 0.5) is 4.39 Å². The SMILES string of the molecule is CSCCC(NS(=O)(=O)c1ccccc1F)C(=O)N1CCN(CC(=O)NC(C)C)CC1. The van der Waals surface area contributed by atoms with Crippen LogP contribution in [0.1, 0.15) is 20.3 Å². The molecule has 31 heavy (non-hydrogen) atoms. The molecule has 0 saturated carbocycles. The van der Waals surface area contributed by atoms with Crippen LogP contribution in [-0.4, -0.2) is 86.8 Å². The van der Waals surface area contributed by atoms with E-state index in [2.05, 4.69) is 10.0 Å². The smallest absolute Gasteiger partial charge is 0.244 e. The lowest BCUT2D eigenvalue weighted by molar-refractivity contribution is -0.135. The zero-order valence-electron chi connectivity index (χ0n) is 18.1. The second-order valence-corrected chi connectivity index (χ2v) is 10.4.